The minimum Gasteiger partial charge on any atom is -0.494 e. The maximum Gasteiger partial charge on any atom is 0.219 e. The van der Waals surface area contributed by atoms with Gasteiger partial charge in [-0.15, -0.1) is 0 Å². The molecule has 20 heavy (non-hydrogen) atoms. The standard InChI is InChI=1S/C15H17N3O2/c1-2-9-19-12-4-6-13(7-5-12)20-14-8-3-11(10-18-14)15(16)17/h3-8,10H,2,9H2,1H3,(H3,16,17). The summed E-state index contributed by atoms with van der Waals surface area (Å²) < 4.78 is 11.1. The Morgan fingerprint density at radius 2 is 1.85 bits per heavy atom. The number of pyridine rings is 1. The first-order chi connectivity index (χ1) is 9.69. The maximum absolute atomic E-state index is 7.29. The molecule has 0 aliphatic carbocycles. The van der Waals surface area contributed by atoms with Crippen LogP contribution < -0.4 is 15.2 Å². The number of nitrogens with one attached hydrogen (secondary N) is 1. The highest BCUT2D eigenvalue weighted by Gasteiger charge is 2.01. The second-order valence-electron chi connectivity index (χ2n) is 4.22. The van der Waals surface area contributed by atoms with Crippen LogP contribution in [0.2, 0.25) is 0 Å². The highest BCUT2D eigenvalue weighted by molar-refractivity contribution is 5.94. The minimum atomic E-state index is -0.0125. The number of hydrogen-bond donors (Lipinski definition) is 2. The van der Waals surface area contributed by atoms with Crippen molar-refractivity contribution in [2.75, 3.05) is 6.61 Å². The van der Waals surface area contributed by atoms with E-state index in [1.807, 2.05) is 24.3 Å². The fourth-order valence-corrected chi connectivity index (χ4v) is 1.54. The SMILES string of the molecule is CCCOc1ccc(Oc2ccc(C(=N)N)cn2)cc1. The van der Waals surface area contributed by atoms with Crippen LogP contribution in [0.4, 0.5) is 0 Å². The van der Waals surface area contributed by atoms with Gasteiger partial charge < -0.3 is 15.2 Å². The molecule has 0 aliphatic heterocycles. The van der Waals surface area contributed by atoms with Gasteiger partial charge in [0.2, 0.25) is 5.88 Å². The smallest absolute Gasteiger partial charge is 0.219 e. The molecule has 0 radical (unpaired) electrons. The number of rotatable bonds is 6. The van der Waals surface area contributed by atoms with Gasteiger partial charge in [0.1, 0.15) is 17.3 Å². The van der Waals surface area contributed by atoms with Gasteiger partial charge >= 0.3 is 0 Å². The van der Waals surface area contributed by atoms with Gasteiger partial charge in [-0.3, -0.25) is 5.41 Å². The first-order valence-electron chi connectivity index (χ1n) is 6.40. The zero-order valence-electron chi connectivity index (χ0n) is 11.3. The Hall–Kier alpha value is -2.56. The summed E-state index contributed by atoms with van der Waals surface area (Å²) in [5.74, 6) is 1.94. The van der Waals surface area contributed by atoms with E-state index in [4.69, 9.17) is 20.6 Å². The van der Waals surface area contributed by atoms with Gasteiger partial charge in [-0.1, -0.05) is 6.92 Å². The summed E-state index contributed by atoms with van der Waals surface area (Å²) in [5, 5.41) is 7.29. The predicted octanol–water partition coefficient (Wildman–Crippen LogP) is 2.95. The van der Waals surface area contributed by atoms with Crippen molar-refractivity contribution in [3.63, 3.8) is 0 Å². The van der Waals surface area contributed by atoms with Crippen LogP contribution in [0.25, 0.3) is 0 Å². The second-order valence-corrected chi connectivity index (χ2v) is 4.22. The highest BCUT2D eigenvalue weighted by Crippen LogP contribution is 2.22. The number of benzene rings is 1. The number of nitrogens with zero attached hydrogens (tertiary/aromatic N) is 1. The van der Waals surface area contributed by atoms with Gasteiger partial charge in [-0.05, 0) is 36.8 Å². The van der Waals surface area contributed by atoms with E-state index in [-0.39, 0.29) is 5.84 Å². The fraction of sp³-hybridized carbons (Fsp3) is 0.200. The largest absolute Gasteiger partial charge is 0.494 e. The third-order valence-corrected chi connectivity index (χ3v) is 2.57. The van der Waals surface area contributed by atoms with Crippen molar-refractivity contribution in [2.24, 2.45) is 5.73 Å². The van der Waals surface area contributed by atoms with Crippen LogP contribution in [-0.4, -0.2) is 17.4 Å². The normalized spacial score (nSPS) is 10.1. The molecule has 0 unspecified atom stereocenters. The third kappa shape index (κ3) is 3.71. The molecule has 0 fully saturated rings. The molecule has 0 amide bonds. The van der Waals surface area contributed by atoms with E-state index in [2.05, 4.69) is 11.9 Å². The average Bonchev–Trinajstić information content (AvgIpc) is 2.47. The molecule has 2 aromatic rings. The van der Waals surface area contributed by atoms with Gasteiger partial charge in [-0.2, -0.15) is 0 Å². The third-order valence-electron chi connectivity index (χ3n) is 2.57. The molecule has 3 N–H and O–H groups in total. The van der Waals surface area contributed by atoms with E-state index in [0.717, 1.165) is 12.2 Å². The Morgan fingerprint density at radius 1 is 1.15 bits per heavy atom. The number of nitrogens with two attached hydrogens (primary N) is 1. The molecule has 1 heterocycles. The molecular formula is C15H17N3O2. The van der Waals surface area contributed by atoms with E-state index in [0.29, 0.717) is 23.8 Å². The van der Waals surface area contributed by atoms with Crippen molar-refractivity contribution >= 4 is 5.84 Å². The van der Waals surface area contributed by atoms with Crippen LogP contribution in [-0.2, 0) is 0 Å². The fourth-order valence-electron chi connectivity index (χ4n) is 1.54. The number of nitrogen functional groups attached to an aromatic ring is 1. The number of ether oxygens (including phenoxy) is 2. The molecule has 0 spiro atoms. The quantitative estimate of drug-likeness (QED) is 0.625. The van der Waals surface area contributed by atoms with Crippen molar-refractivity contribution in [1.82, 2.24) is 4.98 Å². The van der Waals surface area contributed by atoms with Gasteiger partial charge in [0.05, 0.1) is 6.61 Å². The lowest BCUT2D eigenvalue weighted by molar-refractivity contribution is 0.317. The van der Waals surface area contributed by atoms with Crippen LogP contribution in [0.3, 0.4) is 0 Å². The van der Waals surface area contributed by atoms with Gasteiger partial charge in [-0.25, -0.2) is 4.98 Å². The van der Waals surface area contributed by atoms with E-state index in [1.54, 1.807) is 12.1 Å². The van der Waals surface area contributed by atoms with Crippen LogP contribution >= 0.6 is 0 Å². The summed E-state index contributed by atoms with van der Waals surface area (Å²) in [6, 6.07) is 10.7. The first-order valence-corrected chi connectivity index (χ1v) is 6.40. The van der Waals surface area contributed by atoms with Gasteiger partial charge in [0.15, 0.2) is 0 Å². The van der Waals surface area contributed by atoms with Crippen molar-refractivity contribution in [1.29, 1.82) is 5.41 Å². The predicted molar refractivity (Wildman–Crippen MR) is 77.6 cm³/mol. The summed E-state index contributed by atoms with van der Waals surface area (Å²) in [4.78, 5) is 4.09. The lowest BCUT2D eigenvalue weighted by Crippen LogP contribution is -2.11. The first kappa shape index (κ1) is 13.9. The molecule has 2 rings (SSSR count). The van der Waals surface area contributed by atoms with Crippen molar-refractivity contribution in [2.45, 2.75) is 13.3 Å². The Morgan fingerprint density at radius 3 is 2.40 bits per heavy atom. The molecule has 0 saturated carbocycles. The summed E-state index contributed by atoms with van der Waals surface area (Å²) in [6.07, 6.45) is 2.49. The molecule has 0 aliphatic rings. The van der Waals surface area contributed by atoms with E-state index < -0.39 is 0 Å². The van der Waals surface area contributed by atoms with E-state index in [9.17, 15) is 0 Å². The van der Waals surface area contributed by atoms with Crippen LogP contribution in [0.1, 0.15) is 18.9 Å². The van der Waals surface area contributed by atoms with Crippen LogP contribution in [0.15, 0.2) is 42.6 Å². The lowest BCUT2D eigenvalue weighted by Gasteiger charge is -2.07. The highest BCUT2D eigenvalue weighted by atomic mass is 16.5. The molecule has 5 nitrogen and oxygen atoms in total. The summed E-state index contributed by atoms with van der Waals surface area (Å²) >= 11 is 0. The van der Waals surface area contributed by atoms with E-state index in [1.165, 1.54) is 6.20 Å². The summed E-state index contributed by atoms with van der Waals surface area (Å²) in [5.41, 5.74) is 5.93. The Kier molecular flexibility index (Phi) is 4.55. The monoisotopic (exact) mass is 271 g/mol. The Balaban J connectivity index is 2.00. The molecule has 1 aromatic carbocycles. The molecular weight excluding hydrogens is 254 g/mol. The molecule has 104 valence electrons. The Labute approximate surface area is 117 Å². The number of aromatic nitrogens is 1. The molecule has 1 aromatic heterocycles. The van der Waals surface area contributed by atoms with Crippen molar-refractivity contribution in [3.8, 4) is 17.4 Å². The number of hydrogen-bond acceptors (Lipinski definition) is 4. The van der Waals surface area contributed by atoms with Crippen molar-refractivity contribution < 1.29 is 9.47 Å². The molecule has 5 heteroatoms. The average molecular weight is 271 g/mol. The topological polar surface area (TPSA) is 81.2 Å². The van der Waals surface area contributed by atoms with Crippen LogP contribution in [0.5, 0.6) is 17.4 Å². The zero-order chi connectivity index (χ0) is 14.4. The van der Waals surface area contributed by atoms with Gasteiger partial charge in [0, 0.05) is 17.8 Å². The maximum atomic E-state index is 7.29. The zero-order valence-corrected chi connectivity index (χ0v) is 11.3. The van der Waals surface area contributed by atoms with E-state index >= 15 is 0 Å². The molecule has 0 atom stereocenters. The Bertz CT molecular complexity index is 565. The minimum absolute atomic E-state index is 0.0125. The summed E-state index contributed by atoms with van der Waals surface area (Å²) in [6.45, 7) is 2.77. The van der Waals surface area contributed by atoms with Crippen LogP contribution in [0, 0.1) is 5.41 Å². The molecule has 0 bridgehead atoms. The van der Waals surface area contributed by atoms with Crippen molar-refractivity contribution in [3.05, 3.63) is 48.2 Å². The summed E-state index contributed by atoms with van der Waals surface area (Å²) in [7, 11) is 0. The lowest BCUT2D eigenvalue weighted by atomic mass is 10.3. The van der Waals surface area contributed by atoms with Gasteiger partial charge in [0.25, 0.3) is 0 Å². The molecule has 0 saturated heterocycles. The number of amidine groups is 1. The second kappa shape index (κ2) is 6.56.